The van der Waals surface area contributed by atoms with E-state index >= 15 is 0 Å². The van der Waals surface area contributed by atoms with Crippen molar-refractivity contribution in [3.8, 4) is 0 Å². The Labute approximate surface area is 122 Å². The van der Waals surface area contributed by atoms with Gasteiger partial charge in [-0.25, -0.2) is 0 Å². The van der Waals surface area contributed by atoms with Crippen molar-refractivity contribution in [2.24, 2.45) is 5.92 Å². The van der Waals surface area contributed by atoms with Gasteiger partial charge in [0.2, 0.25) is 5.91 Å². The molecule has 1 saturated heterocycles. The van der Waals surface area contributed by atoms with Crippen LogP contribution < -0.4 is 0 Å². The fourth-order valence-electron chi connectivity index (χ4n) is 2.80. The summed E-state index contributed by atoms with van der Waals surface area (Å²) in [5, 5.41) is 9.92. The van der Waals surface area contributed by atoms with E-state index in [1.54, 1.807) is 0 Å². The van der Waals surface area contributed by atoms with E-state index in [1.165, 1.54) is 5.56 Å². The molecule has 3 atom stereocenters. The van der Waals surface area contributed by atoms with Crippen molar-refractivity contribution < 1.29 is 9.90 Å². The van der Waals surface area contributed by atoms with Gasteiger partial charge in [-0.15, -0.1) is 0 Å². The molecule has 1 aliphatic rings. The van der Waals surface area contributed by atoms with Crippen molar-refractivity contribution in [3.63, 3.8) is 0 Å². The molecule has 1 amide bonds. The number of hydrogen-bond acceptors (Lipinski definition) is 2. The fourth-order valence-corrected chi connectivity index (χ4v) is 2.80. The molecule has 1 N–H and O–H groups in total. The first kappa shape index (κ1) is 16.7. The van der Waals surface area contributed by atoms with Gasteiger partial charge in [0.05, 0.1) is 6.10 Å². The third-order valence-electron chi connectivity index (χ3n) is 3.87. The van der Waals surface area contributed by atoms with Gasteiger partial charge in [0.25, 0.3) is 0 Å². The molecule has 1 aromatic rings. The summed E-state index contributed by atoms with van der Waals surface area (Å²) in [7, 11) is 0. The number of hydrogen-bond donors (Lipinski definition) is 1. The van der Waals surface area contributed by atoms with Gasteiger partial charge in [-0.05, 0) is 12.5 Å². The number of rotatable bonds is 3. The van der Waals surface area contributed by atoms with Crippen LogP contribution in [-0.2, 0) is 4.79 Å². The Bertz CT molecular complexity index is 403. The number of amides is 1. The Morgan fingerprint density at radius 2 is 1.90 bits per heavy atom. The van der Waals surface area contributed by atoms with Crippen LogP contribution in [0.4, 0.5) is 0 Å². The summed E-state index contributed by atoms with van der Waals surface area (Å²) < 4.78 is 0. The number of aliphatic hydroxyl groups is 1. The summed E-state index contributed by atoms with van der Waals surface area (Å²) in [4.78, 5) is 13.7. The van der Waals surface area contributed by atoms with E-state index < -0.39 is 0 Å². The minimum absolute atomic E-state index is 0.142. The van der Waals surface area contributed by atoms with Crippen LogP contribution >= 0.6 is 0 Å². The third-order valence-corrected chi connectivity index (χ3v) is 3.87. The molecule has 1 heterocycles. The monoisotopic (exact) mass is 277 g/mol. The molecule has 112 valence electrons. The molecule has 0 aromatic heterocycles. The molecule has 1 fully saturated rings. The van der Waals surface area contributed by atoms with E-state index in [-0.39, 0.29) is 23.8 Å². The maximum atomic E-state index is 11.8. The number of benzene rings is 1. The first-order valence-electron chi connectivity index (χ1n) is 7.64. The number of carbonyl (C=O) groups excluding carboxylic acids is 1. The van der Waals surface area contributed by atoms with Crippen LogP contribution in [0.3, 0.4) is 0 Å². The van der Waals surface area contributed by atoms with Crippen molar-refractivity contribution in [2.75, 3.05) is 13.1 Å². The van der Waals surface area contributed by atoms with Crippen LogP contribution in [-0.4, -0.2) is 35.1 Å². The van der Waals surface area contributed by atoms with E-state index in [0.717, 1.165) is 6.54 Å². The molecular weight excluding hydrogens is 250 g/mol. The predicted octanol–water partition coefficient (Wildman–Crippen LogP) is 3.05. The molecule has 2 rings (SSSR count). The van der Waals surface area contributed by atoms with Crippen LogP contribution in [0.1, 0.15) is 45.6 Å². The topological polar surface area (TPSA) is 40.5 Å². The molecule has 0 aliphatic carbocycles. The second-order valence-corrected chi connectivity index (χ2v) is 5.07. The molecule has 0 spiro atoms. The molecule has 1 aromatic carbocycles. The largest absolute Gasteiger partial charge is 0.393 e. The van der Waals surface area contributed by atoms with Crippen LogP contribution in [0.2, 0.25) is 0 Å². The molecule has 1 aliphatic heterocycles. The Morgan fingerprint density at radius 3 is 2.40 bits per heavy atom. The molecular formula is C17H27NO2. The Kier molecular flexibility index (Phi) is 6.73. The lowest BCUT2D eigenvalue weighted by molar-refractivity contribution is -0.130. The van der Waals surface area contributed by atoms with E-state index in [0.29, 0.717) is 13.0 Å². The van der Waals surface area contributed by atoms with Gasteiger partial charge in [0.15, 0.2) is 0 Å². The minimum atomic E-state index is -0.384. The van der Waals surface area contributed by atoms with Crippen molar-refractivity contribution in [1.29, 1.82) is 0 Å². The van der Waals surface area contributed by atoms with E-state index in [2.05, 4.69) is 12.1 Å². The molecule has 3 heteroatoms. The van der Waals surface area contributed by atoms with E-state index in [1.807, 2.05) is 50.8 Å². The van der Waals surface area contributed by atoms with Crippen LogP contribution in [0.5, 0.6) is 0 Å². The minimum Gasteiger partial charge on any atom is -0.393 e. The zero-order chi connectivity index (χ0) is 15.1. The standard InChI is InChI=1S/C15H21NO2.C2H6/c1-3-15(18)16-9-13(11(2)17)14(10-16)12-7-5-4-6-8-12;1-2/h4-8,11,13-14,17H,3,9-10H2,1-2H3;1-2H3/t11-,13-,14-;/m0./s1. The van der Waals surface area contributed by atoms with Gasteiger partial charge in [-0.2, -0.15) is 0 Å². The average molecular weight is 277 g/mol. The summed E-state index contributed by atoms with van der Waals surface area (Å²) in [5.74, 6) is 0.573. The van der Waals surface area contributed by atoms with E-state index in [9.17, 15) is 9.90 Å². The summed E-state index contributed by atoms with van der Waals surface area (Å²) in [6.07, 6.45) is 0.151. The summed E-state index contributed by atoms with van der Waals surface area (Å²) in [5.41, 5.74) is 1.22. The summed E-state index contributed by atoms with van der Waals surface area (Å²) >= 11 is 0. The normalized spacial score (nSPS) is 22.9. The lowest BCUT2D eigenvalue weighted by Crippen LogP contribution is -2.29. The molecule has 3 nitrogen and oxygen atoms in total. The highest BCUT2D eigenvalue weighted by molar-refractivity contribution is 5.76. The number of nitrogens with zero attached hydrogens (tertiary/aromatic N) is 1. The van der Waals surface area contributed by atoms with Gasteiger partial charge in [-0.3, -0.25) is 4.79 Å². The van der Waals surface area contributed by atoms with Gasteiger partial charge < -0.3 is 10.0 Å². The Morgan fingerprint density at radius 1 is 1.30 bits per heavy atom. The lowest BCUT2D eigenvalue weighted by Gasteiger charge is -2.20. The summed E-state index contributed by atoms with van der Waals surface area (Å²) in [6.45, 7) is 9.10. The van der Waals surface area contributed by atoms with Gasteiger partial charge in [-0.1, -0.05) is 51.1 Å². The fraction of sp³-hybridized carbons (Fsp3) is 0.588. The first-order chi connectivity index (χ1) is 9.63. The van der Waals surface area contributed by atoms with Crippen molar-refractivity contribution in [1.82, 2.24) is 4.90 Å². The molecule has 0 bridgehead atoms. The summed E-state index contributed by atoms with van der Waals surface area (Å²) in [6, 6.07) is 10.2. The SMILES string of the molecule is CC.CCC(=O)N1C[C@@H]([C@H](C)O)[C@H](c2ccccc2)C1. The number of carbonyl (C=O) groups is 1. The highest BCUT2D eigenvalue weighted by Crippen LogP contribution is 2.34. The lowest BCUT2D eigenvalue weighted by atomic mass is 9.86. The highest BCUT2D eigenvalue weighted by atomic mass is 16.3. The van der Waals surface area contributed by atoms with Crippen molar-refractivity contribution >= 4 is 5.91 Å². The molecule has 20 heavy (non-hydrogen) atoms. The maximum absolute atomic E-state index is 11.8. The van der Waals surface area contributed by atoms with Crippen molar-refractivity contribution in [2.45, 2.75) is 46.1 Å². The van der Waals surface area contributed by atoms with Crippen LogP contribution in [0.25, 0.3) is 0 Å². The zero-order valence-electron chi connectivity index (χ0n) is 13.0. The Balaban J connectivity index is 0.000000956. The van der Waals surface area contributed by atoms with Crippen LogP contribution in [0, 0.1) is 5.92 Å². The highest BCUT2D eigenvalue weighted by Gasteiger charge is 2.37. The van der Waals surface area contributed by atoms with Crippen LogP contribution in [0.15, 0.2) is 30.3 Å². The van der Waals surface area contributed by atoms with Gasteiger partial charge in [0, 0.05) is 31.3 Å². The second kappa shape index (κ2) is 8.05. The maximum Gasteiger partial charge on any atom is 0.222 e. The second-order valence-electron chi connectivity index (χ2n) is 5.07. The first-order valence-corrected chi connectivity index (χ1v) is 7.64. The predicted molar refractivity (Wildman–Crippen MR) is 82.6 cm³/mol. The number of aliphatic hydroxyl groups excluding tert-OH is 1. The molecule has 0 unspecified atom stereocenters. The molecule has 0 radical (unpaired) electrons. The van der Waals surface area contributed by atoms with Crippen molar-refractivity contribution in [3.05, 3.63) is 35.9 Å². The van der Waals surface area contributed by atoms with Gasteiger partial charge >= 0.3 is 0 Å². The average Bonchev–Trinajstić information content (AvgIpc) is 2.95. The van der Waals surface area contributed by atoms with Gasteiger partial charge in [0.1, 0.15) is 0 Å². The Hall–Kier alpha value is -1.35. The van der Waals surface area contributed by atoms with E-state index in [4.69, 9.17) is 0 Å². The molecule has 0 saturated carbocycles. The number of likely N-dealkylation sites (tertiary alicyclic amines) is 1. The third kappa shape index (κ3) is 3.83. The smallest absolute Gasteiger partial charge is 0.222 e. The zero-order valence-corrected chi connectivity index (χ0v) is 13.0. The quantitative estimate of drug-likeness (QED) is 0.922.